The van der Waals surface area contributed by atoms with Gasteiger partial charge in [-0.05, 0) is 38.0 Å². The van der Waals surface area contributed by atoms with Crippen LogP contribution in [0, 0.1) is 0 Å². The van der Waals surface area contributed by atoms with Gasteiger partial charge in [0.2, 0.25) is 0 Å². The molecule has 2 atom stereocenters. The van der Waals surface area contributed by atoms with Gasteiger partial charge in [-0.3, -0.25) is 9.88 Å². The van der Waals surface area contributed by atoms with Crippen LogP contribution in [0.3, 0.4) is 0 Å². The van der Waals surface area contributed by atoms with Crippen LogP contribution in [0.4, 0.5) is 0 Å². The van der Waals surface area contributed by atoms with Crippen molar-refractivity contribution in [3.8, 4) is 0 Å². The molecule has 1 aliphatic heterocycles. The number of aromatic nitrogens is 1. The van der Waals surface area contributed by atoms with Gasteiger partial charge < -0.3 is 10.0 Å². The summed E-state index contributed by atoms with van der Waals surface area (Å²) in [7, 11) is 0. The fraction of sp³-hybridized carbons (Fsp3) is 0.667. The molecule has 2 rings (SSSR count). The van der Waals surface area contributed by atoms with Crippen molar-refractivity contribution in [3.63, 3.8) is 0 Å². The van der Waals surface area contributed by atoms with E-state index in [0.717, 1.165) is 39.1 Å². The number of nitrogens with zero attached hydrogens (tertiary/aromatic N) is 3. The maximum Gasteiger partial charge on any atom is 0.0639 e. The Kier molecular flexibility index (Phi) is 5.31. The second-order valence-electron chi connectivity index (χ2n) is 5.60. The van der Waals surface area contributed by atoms with Crippen LogP contribution in [0.2, 0.25) is 0 Å². The normalized spacial score (nSPS) is 23.4. The lowest BCUT2D eigenvalue weighted by Gasteiger charge is -2.40. The van der Waals surface area contributed by atoms with Crippen molar-refractivity contribution in [1.29, 1.82) is 0 Å². The predicted octanol–water partition coefficient (Wildman–Crippen LogP) is 1.01. The monoisotopic (exact) mass is 263 g/mol. The fourth-order valence-electron chi connectivity index (χ4n) is 2.72. The number of aliphatic hydroxyl groups excluding tert-OH is 1. The summed E-state index contributed by atoms with van der Waals surface area (Å²) in [4.78, 5) is 8.95. The molecular formula is C15H25N3O. The quantitative estimate of drug-likeness (QED) is 0.861. The van der Waals surface area contributed by atoms with Gasteiger partial charge >= 0.3 is 0 Å². The van der Waals surface area contributed by atoms with Gasteiger partial charge in [0.25, 0.3) is 0 Å². The van der Waals surface area contributed by atoms with Crippen molar-refractivity contribution in [1.82, 2.24) is 14.8 Å². The summed E-state index contributed by atoms with van der Waals surface area (Å²) in [5, 5.41) is 9.48. The van der Waals surface area contributed by atoms with E-state index in [-0.39, 0.29) is 6.10 Å². The number of piperazine rings is 1. The second-order valence-corrected chi connectivity index (χ2v) is 5.60. The van der Waals surface area contributed by atoms with Crippen molar-refractivity contribution in [3.05, 3.63) is 30.1 Å². The van der Waals surface area contributed by atoms with E-state index in [0.29, 0.717) is 6.04 Å². The highest BCUT2D eigenvalue weighted by Gasteiger charge is 2.23. The third kappa shape index (κ3) is 4.56. The first kappa shape index (κ1) is 14.4. The van der Waals surface area contributed by atoms with Crippen LogP contribution in [0.5, 0.6) is 0 Å². The lowest BCUT2D eigenvalue weighted by Crippen LogP contribution is -2.53. The predicted molar refractivity (Wildman–Crippen MR) is 77.1 cm³/mol. The third-order valence-corrected chi connectivity index (χ3v) is 3.81. The lowest BCUT2D eigenvalue weighted by molar-refractivity contribution is 0.0456. The van der Waals surface area contributed by atoms with Gasteiger partial charge in [0, 0.05) is 51.2 Å². The van der Waals surface area contributed by atoms with Gasteiger partial charge in [-0.25, -0.2) is 0 Å². The molecule has 2 unspecified atom stereocenters. The Morgan fingerprint density at radius 2 is 2.11 bits per heavy atom. The van der Waals surface area contributed by atoms with Crippen molar-refractivity contribution in [2.75, 3.05) is 32.7 Å². The highest BCUT2D eigenvalue weighted by Crippen LogP contribution is 2.11. The number of hydrogen-bond donors (Lipinski definition) is 1. The zero-order valence-electron chi connectivity index (χ0n) is 12.0. The summed E-state index contributed by atoms with van der Waals surface area (Å²) in [5.41, 5.74) is 1.36. The van der Waals surface area contributed by atoms with E-state index in [9.17, 15) is 5.11 Å². The van der Waals surface area contributed by atoms with E-state index in [1.54, 1.807) is 0 Å². The molecule has 0 spiro atoms. The summed E-state index contributed by atoms with van der Waals surface area (Å²) in [5.74, 6) is 0. The summed E-state index contributed by atoms with van der Waals surface area (Å²) in [6, 6.07) is 4.71. The Morgan fingerprint density at radius 1 is 1.37 bits per heavy atom. The van der Waals surface area contributed by atoms with E-state index in [1.807, 2.05) is 19.3 Å². The minimum absolute atomic E-state index is 0.231. The van der Waals surface area contributed by atoms with Crippen LogP contribution in [0.15, 0.2) is 24.5 Å². The van der Waals surface area contributed by atoms with Crippen molar-refractivity contribution in [2.24, 2.45) is 0 Å². The lowest BCUT2D eigenvalue weighted by atomic mass is 10.1. The molecule has 4 heteroatoms. The van der Waals surface area contributed by atoms with Crippen LogP contribution in [0.1, 0.15) is 19.4 Å². The zero-order chi connectivity index (χ0) is 13.7. The Balaban J connectivity index is 1.76. The van der Waals surface area contributed by atoms with Crippen LogP contribution in [-0.4, -0.2) is 64.8 Å². The molecule has 4 nitrogen and oxygen atoms in total. The standard InChI is InChI=1S/C15H25N3O/c1-13-11-17(9-10-18(13)12-14(2)19)8-5-15-3-6-16-7-4-15/h3-4,6-7,13-14,19H,5,8-12H2,1-2H3. The summed E-state index contributed by atoms with van der Waals surface area (Å²) < 4.78 is 0. The molecule has 1 aliphatic rings. The molecule has 1 saturated heterocycles. The first-order valence-electron chi connectivity index (χ1n) is 7.18. The van der Waals surface area contributed by atoms with Gasteiger partial charge in [-0.1, -0.05) is 0 Å². The molecule has 0 amide bonds. The molecule has 1 aromatic rings. The van der Waals surface area contributed by atoms with Gasteiger partial charge in [0.1, 0.15) is 0 Å². The van der Waals surface area contributed by atoms with Crippen LogP contribution >= 0.6 is 0 Å². The number of rotatable bonds is 5. The van der Waals surface area contributed by atoms with E-state index in [2.05, 4.69) is 33.8 Å². The number of aliphatic hydroxyl groups is 1. The van der Waals surface area contributed by atoms with Crippen molar-refractivity contribution >= 4 is 0 Å². The maximum absolute atomic E-state index is 9.48. The van der Waals surface area contributed by atoms with Gasteiger partial charge in [0.15, 0.2) is 0 Å². The van der Waals surface area contributed by atoms with Crippen molar-refractivity contribution < 1.29 is 5.11 Å². The third-order valence-electron chi connectivity index (χ3n) is 3.81. The summed E-state index contributed by atoms with van der Waals surface area (Å²) >= 11 is 0. The molecular weight excluding hydrogens is 238 g/mol. The Hall–Kier alpha value is -0.970. The van der Waals surface area contributed by atoms with Gasteiger partial charge in [0.05, 0.1) is 6.10 Å². The average molecular weight is 263 g/mol. The Labute approximate surface area is 116 Å². The van der Waals surface area contributed by atoms with Crippen molar-refractivity contribution in [2.45, 2.75) is 32.4 Å². The smallest absolute Gasteiger partial charge is 0.0639 e. The molecule has 0 bridgehead atoms. The highest BCUT2D eigenvalue weighted by molar-refractivity contribution is 5.10. The highest BCUT2D eigenvalue weighted by atomic mass is 16.3. The number of pyridine rings is 1. The maximum atomic E-state index is 9.48. The minimum atomic E-state index is -0.231. The Bertz CT molecular complexity index is 369. The zero-order valence-corrected chi connectivity index (χ0v) is 12.0. The molecule has 106 valence electrons. The second kappa shape index (κ2) is 6.98. The largest absolute Gasteiger partial charge is 0.392 e. The molecule has 0 radical (unpaired) electrons. The van der Waals surface area contributed by atoms with Gasteiger partial charge in [-0.2, -0.15) is 0 Å². The average Bonchev–Trinajstić information content (AvgIpc) is 2.40. The SMILES string of the molecule is CC(O)CN1CCN(CCc2ccncc2)CC1C. The van der Waals surface area contributed by atoms with E-state index in [4.69, 9.17) is 0 Å². The van der Waals surface area contributed by atoms with Crippen LogP contribution in [0.25, 0.3) is 0 Å². The number of hydrogen-bond acceptors (Lipinski definition) is 4. The van der Waals surface area contributed by atoms with E-state index in [1.165, 1.54) is 5.56 Å². The molecule has 1 N–H and O–H groups in total. The van der Waals surface area contributed by atoms with Gasteiger partial charge in [-0.15, -0.1) is 0 Å². The first-order valence-corrected chi connectivity index (χ1v) is 7.18. The minimum Gasteiger partial charge on any atom is -0.392 e. The fourth-order valence-corrected chi connectivity index (χ4v) is 2.72. The van der Waals surface area contributed by atoms with E-state index >= 15 is 0 Å². The number of β-amino-alcohol motifs (C(OH)–C–C–N with tert-alkyl or cyclic N) is 1. The molecule has 1 aromatic heterocycles. The molecule has 0 saturated carbocycles. The molecule has 19 heavy (non-hydrogen) atoms. The summed E-state index contributed by atoms with van der Waals surface area (Å²) in [6.07, 6.45) is 4.58. The Morgan fingerprint density at radius 3 is 2.74 bits per heavy atom. The van der Waals surface area contributed by atoms with Crippen LogP contribution in [-0.2, 0) is 6.42 Å². The topological polar surface area (TPSA) is 39.6 Å². The molecule has 2 heterocycles. The first-order chi connectivity index (χ1) is 9.15. The molecule has 0 aliphatic carbocycles. The van der Waals surface area contributed by atoms with E-state index < -0.39 is 0 Å². The summed E-state index contributed by atoms with van der Waals surface area (Å²) in [6.45, 7) is 9.27. The molecule has 1 fully saturated rings. The van der Waals surface area contributed by atoms with Crippen LogP contribution < -0.4 is 0 Å². The molecule has 0 aromatic carbocycles.